The van der Waals surface area contributed by atoms with Gasteiger partial charge in [-0.3, -0.25) is 9.59 Å². The van der Waals surface area contributed by atoms with Gasteiger partial charge in [0.1, 0.15) is 5.75 Å². The fourth-order valence-electron chi connectivity index (χ4n) is 1.74. The normalized spacial score (nSPS) is 10.4. The summed E-state index contributed by atoms with van der Waals surface area (Å²) in [6, 6.07) is 4.94. The Labute approximate surface area is 124 Å². The number of rotatable bonds is 7. The average Bonchev–Trinajstić information content (AvgIpc) is 2.43. The van der Waals surface area contributed by atoms with Gasteiger partial charge in [0.15, 0.2) is 12.4 Å². The summed E-state index contributed by atoms with van der Waals surface area (Å²) in [5.41, 5.74) is 0.517. The van der Waals surface area contributed by atoms with E-state index in [1.54, 1.807) is 12.1 Å². The zero-order valence-electron chi connectivity index (χ0n) is 12.0. The van der Waals surface area contributed by atoms with Crippen molar-refractivity contribution in [3.8, 4) is 5.75 Å². The maximum absolute atomic E-state index is 11.7. The van der Waals surface area contributed by atoms with Gasteiger partial charge < -0.3 is 10.1 Å². The molecular formula is C15H20ClNO3. The van der Waals surface area contributed by atoms with E-state index in [1.165, 1.54) is 13.0 Å². The molecule has 0 spiro atoms. The number of ketones is 1. The molecule has 110 valence electrons. The molecule has 0 bridgehead atoms. The summed E-state index contributed by atoms with van der Waals surface area (Å²) in [7, 11) is 0. The zero-order chi connectivity index (χ0) is 15.1. The first-order valence-electron chi connectivity index (χ1n) is 6.70. The Morgan fingerprint density at radius 3 is 2.45 bits per heavy atom. The van der Waals surface area contributed by atoms with Crippen LogP contribution in [0.1, 0.15) is 44.0 Å². The second-order valence-electron chi connectivity index (χ2n) is 4.57. The minimum atomic E-state index is -0.176. The van der Waals surface area contributed by atoms with Crippen LogP contribution in [0, 0.1) is 0 Å². The van der Waals surface area contributed by atoms with E-state index in [0.29, 0.717) is 16.3 Å². The highest BCUT2D eigenvalue weighted by molar-refractivity contribution is 6.32. The molecular weight excluding hydrogens is 278 g/mol. The van der Waals surface area contributed by atoms with Gasteiger partial charge in [-0.25, -0.2) is 0 Å². The molecule has 0 radical (unpaired) electrons. The number of nitrogens with one attached hydrogen (secondary N) is 1. The monoisotopic (exact) mass is 297 g/mol. The van der Waals surface area contributed by atoms with Crippen molar-refractivity contribution in [1.82, 2.24) is 5.32 Å². The molecule has 1 amide bonds. The van der Waals surface area contributed by atoms with Gasteiger partial charge in [0, 0.05) is 11.6 Å². The van der Waals surface area contributed by atoms with Crippen molar-refractivity contribution in [3.05, 3.63) is 28.8 Å². The van der Waals surface area contributed by atoms with E-state index in [2.05, 4.69) is 5.32 Å². The Hall–Kier alpha value is -1.55. The predicted molar refractivity (Wildman–Crippen MR) is 79.5 cm³/mol. The fourth-order valence-corrected chi connectivity index (χ4v) is 1.98. The molecule has 0 aliphatic heterocycles. The molecule has 1 aromatic carbocycles. The van der Waals surface area contributed by atoms with Crippen molar-refractivity contribution in [2.45, 2.75) is 39.7 Å². The van der Waals surface area contributed by atoms with Crippen LogP contribution < -0.4 is 10.1 Å². The fraction of sp³-hybridized carbons (Fsp3) is 0.467. The van der Waals surface area contributed by atoms with Gasteiger partial charge in [-0.15, -0.1) is 0 Å². The third-order valence-electron chi connectivity index (χ3n) is 3.05. The minimum Gasteiger partial charge on any atom is -0.482 e. The van der Waals surface area contributed by atoms with Crippen LogP contribution >= 0.6 is 11.6 Å². The highest BCUT2D eigenvalue weighted by atomic mass is 35.5. The summed E-state index contributed by atoms with van der Waals surface area (Å²) in [6.45, 7) is 5.42. The molecule has 0 saturated carbocycles. The Bertz CT molecular complexity index is 484. The summed E-state index contributed by atoms with van der Waals surface area (Å²) in [5, 5.41) is 3.20. The molecule has 0 heterocycles. The zero-order valence-corrected chi connectivity index (χ0v) is 12.8. The quantitative estimate of drug-likeness (QED) is 0.786. The van der Waals surface area contributed by atoms with Crippen LogP contribution in [0.2, 0.25) is 5.02 Å². The number of ether oxygens (including phenoxy) is 1. The number of hydrogen-bond acceptors (Lipinski definition) is 3. The van der Waals surface area contributed by atoms with Crippen molar-refractivity contribution >= 4 is 23.3 Å². The number of halogens is 1. The Morgan fingerprint density at radius 2 is 1.95 bits per heavy atom. The SMILES string of the molecule is CCC(CC)NC(=O)COc1ccc(C(C)=O)cc1Cl. The molecule has 0 saturated heterocycles. The van der Waals surface area contributed by atoms with Gasteiger partial charge in [0.25, 0.3) is 5.91 Å². The second kappa shape index (κ2) is 7.90. The molecule has 1 aromatic rings. The molecule has 1 N–H and O–H groups in total. The molecule has 4 nitrogen and oxygen atoms in total. The van der Waals surface area contributed by atoms with E-state index in [9.17, 15) is 9.59 Å². The summed E-state index contributed by atoms with van der Waals surface area (Å²) < 4.78 is 5.37. The number of carbonyl (C=O) groups excluding carboxylic acids is 2. The first-order chi connectivity index (χ1) is 9.47. The predicted octanol–water partition coefficient (Wildman–Crippen LogP) is 3.23. The van der Waals surface area contributed by atoms with E-state index < -0.39 is 0 Å². The second-order valence-corrected chi connectivity index (χ2v) is 4.98. The maximum atomic E-state index is 11.7. The van der Waals surface area contributed by atoms with E-state index >= 15 is 0 Å². The van der Waals surface area contributed by atoms with E-state index in [-0.39, 0.29) is 24.3 Å². The number of Topliss-reactive ketones (excluding diaryl/α,β-unsaturated/α-hetero) is 1. The van der Waals surface area contributed by atoms with Crippen molar-refractivity contribution < 1.29 is 14.3 Å². The third-order valence-corrected chi connectivity index (χ3v) is 3.34. The Balaban J connectivity index is 2.57. The van der Waals surface area contributed by atoms with Crippen LogP contribution in [-0.2, 0) is 4.79 Å². The van der Waals surface area contributed by atoms with E-state index in [0.717, 1.165) is 12.8 Å². The van der Waals surface area contributed by atoms with Gasteiger partial charge in [-0.05, 0) is 38.0 Å². The average molecular weight is 298 g/mol. The molecule has 0 atom stereocenters. The molecule has 0 aliphatic rings. The number of hydrogen-bond donors (Lipinski definition) is 1. The molecule has 0 fully saturated rings. The van der Waals surface area contributed by atoms with Gasteiger partial charge in [0.2, 0.25) is 0 Å². The number of carbonyl (C=O) groups is 2. The van der Waals surface area contributed by atoms with E-state index in [1.807, 2.05) is 13.8 Å². The lowest BCUT2D eigenvalue weighted by Crippen LogP contribution is -2.37. The molecule has 0 unspecified atom stereocenters. The van der Waals surface area contributed by atoms with E-state index in [4.69, 9.17) is 16.3 Å². The smallest absolute Gasteiger partial charge is 0.258 e. The summed E-state index contributed by atoms with van der Waals surface area (Å²) >= 11 is 6.01. The topological polar surface area (TPSA) is 55.4 Å². The van der Waals surface area contributed by atoms with Crippen molar-refractivity contribution in [2.24, 2.45) is 0 Å². The minimum absolute atomic E-state index is 0.0649. The maximum Gasteiger partial charge on any atom is 0.258 e. The highest BCUT2D eigenvalue weighted by Crippen LogP contribution is 2.25. The van der Waals surface area contributed by atoms with Crippen LogP contribution in [-0.4, -0.2) is 24.3 Å². The van der Waals surface area contributed by atoms with Gasteiger partial charge in [-0.1, -0.05) is 25.4 Å². The number of benzene rings is 1. The van der Waals surface area contributed by atoms with Crippen LogP contribution in [0.5, 0.6) is 5.75 Å². The van der Waals surface area contributed by atoms with Gasteiger partial charge >= 0.3 is 0 Å². The largest absolute Gasteiger partial charge is 0.482 e. The summed E-state index contributed by atoms with van der Waals surface area (Å²) in [5.74, 6) is 0.159. The Kier molecular flexibility index (Phi) is 6.52. The molecule has 20 heavy (non-hydrogen) atoms. The lowest BCUT2D eigenvalue weighted by Gasteiger charge is -2.15. The van der Waals surface area contributed by atoms with Crippen molar-refractivity contribution in [1.29, 1.82) is 0 Å². The van der Waals surface area contributed by atoms with Crippen LogP contribution in [0.15, 0.2) is 18.2 Å². The first kappa shape index (κ1) is 16.5. The van der Waals surface area contributed by atoms with Crippen LogP contribution in [0.4, 0.5) is 0 Å². The molecule has 5 heteroatoms. The number of amides is 1. The highest BCUT2D eigenvalue weighted by Gasteiger charge is 2.11. The van der Waals surface area contributed by atoms with Crippen molar-refractivity contribution in [3.63, 3.8) is 0 Å². The standard InChI is InChI=1S/C15H20ClNO3/c1-4-12(5-2)17-15(19)9-20-14-7-6-11(10(3)18)8-13(14)16/h6-8,12H,4-5,9H2,1-3H3,(H,17,19). The lowest BCUT2D eigenvalue weighted by atomic mass is 10.1. The third kappa shape index (κ3) is 4.85. The van der Waals surface area contributed by atoms with Gasteiger partial charge in [-0.2, -0.15) is 0 Å². The van der Waals surface area contributed by atoms with Crippen molar-refractivity contribution in [2.75, 3.05) is 6.61 Å². The molecule has 1 rings (SSSR count). The molecule has 0 aliphatic carbocycles. The summed E-state index contributed by atoms with van der Waals surface area (Å²) in [4.78, 5) is 22.9. The van der Waals surface area contributed by atoms with Gasteiger partial charge in [0.05, 0.1) is 5.02 Å². The lowest BCUT2D eigenvalue weighted by molar-refractivity contribution is -0.123. The Morgan fingerprint density at radius 1 is 1.30 bits per heavy atom. The van der Waals surface area contributed by atoms with Crippen LogP contribution in [0.25, 0.3) is 0 Å². The molecule has 0 aromatic heterocycles. The summed E-state index contributed by atoms with van der Waals surface area (Å²) in [6.07, 6.45) is 1.77. The first-order valence-corrected chi connectivity index (χ1v) is 7.08. The van der Waals surface area contributed by atoms with Crippen LogP contribution in [0.3, 0.4) is 0 Å².